The molecule has 0 saturated heterocycles. The van der Waals surface area contributed by atoms with Gasteiger partial charge in [-0.25, -0.2) is 0 Å². The van der Waals surface area contributed by atoms with Crippen molar-refractivity contribution in [3.8, 4) is 5.75 Å². The van der Waals surface area contributed by atoms with E-state index in [2.05, 4.69) is 68.6 Å². The highest BCUT2D eigenvalue weighted by Crippen LogP contribution is 2.24. The summed E-state index contributed by atoms with van der Waals surface area (Å²) < 4.78 is 12.3. The largest absolute Gasteiger partial charge is 0.465 e. The van der Waals surface area contributed by atoms with Crippen LogP contribution in [0.4, 0.5) is 0 Å². The highest BCUT2D eigenvalue weighted by Gasteiger charge is 2.23. The van der Waals surface area contributed by atoms with E-state index >= 15 is 0 Å². The van der Waals surface area contributed by atoms with Gasteiger partial charge in [-0.2, -0.15) is 0 Å². The van der Waals surface area contributed by atoms with E-state index in [1.54, 1.807) is 0 Å². The van der Waals surface area contributed by atoms with Crippen LogP contribution in [0.2, 0.25) is 0 Å². The van der Waals surface area contributed by atoms with Crippen molar-refractivity contribution in [3.63, 3.8) is 0 Å². The zero-order chi connectivity index (χ0) is 21.8. The summed E-state index contributed by atoms with van der Waals surface area (Å²) in [5.74, 6) is 0.938. The van der Waals surface area contributed by atoms with Crippen LogP contribution in [0, 0.1) is 0 Å². The van der Waals surface area contributed by atoms with Crippen LogP contribution in [-0.2, 0) is 16.7 Å². The summed E-state index contributed by atoms with van der Waals surface area (Å²) in [7, 11) is 0. The molecule has 0 aliphatic heterocycles. The second-order valence-electron chi connectivity index (χ2n) is 8.72. The summed E-state index contributed by atoms with van der Waals surface area (Å²) in [5, 5.41) is 3.56. The van der Waals surface area contributed by atoms with Gasteiger partial charge < -0.3 is 9.47 Å². The second-order valence-corrected chi connectivity index (χ2v) is 8.72. The van der Waals surface area contributed by atoms with Crippen LogP contribution in [-0.4, -0.2) is 12.5 Å². The highest BCUT2D eigenvalue weighted by molar-refractivity contribution is 5.33. The fourth-order valence-electron chi connectivity index (χ4n) is 3.90. The van der Waals surface area contributed by atoms with Crippen LogP contribution in [0.5, 0.6) is 5.75 Å². The third kappa shape index (κ3) is 8.49. The average Bonchev–Trinajstić information content (AvgIpc) is 2.72. The molecule has 0 radical (unpaired) electrons. The molecule has 0 saturated carbocycles. The molecule has 2 unspecified atom stereocenters. The Kier molecular flexibility index (Phi) is 10.4. The Balaban J connectivity index is 1.83. The fraction of sp³-hybridized carbons (Fsp3) is 0.556. The Morgan fingerprint density at radius 1 is 0.833 bits per heavy atom. The van der Waals surface area contributed by atoms with Gasteiger partial charge in [0.1, 0.15) is 12.0 Å². The van der Waals surface area contributed by atoms with E-state index in [9.17, 15) is 0 Å². The zero-order valence-corrected chi connectivity index (χ0v) is 19.6. The predicted octanol–water partition coefficient (Wildman–Crippen LogP) is 7.20. The number of hydrogen-bond donors (Lipinski definition) is 1. The molecule has 2 atom stereocenters. The monoisotopic (exact) mass is 411 g/mol. The summed E-state index contributed by atoms with van der Waals surface area (Å²) in [4.78, 5) is 0. The number of unbranched alkanes of at least 4 members (excludes halogenated alkanes) is 5. The first-order valence-corrected chi connectivity index (χ1v) is 11.7. The standard InChI is InChI=1S/C27H41NO2/c1-6-7-8-9-10-12-17-24-18-15-16-21-26(24)30-23(3)29-22(2)28-27(4,5)25-19-13-11-14-20-25/h11,13-16,18-23,28H,6-10,12,17H2,1-5H3. The zero-order valence-electron chi connectivity index (χ0n) is 19.6. The Bertz CT molecular complexity index is 714. The SMILES string of the molecule is CCCCCCCCc1ccccc1OC(C)OC(C)NC(C)(C)c1ccccc1. The number of ether oxygens (including phenoxy) is 2. The summed E-state index contributed by atoms with van der Waals surface area (Å²) in [6, 6.07) is 18.8. The Morgan fingerprint density at radius 3 is 2.20 bits per heavy atom. The minimum absolute atomic E-state index is 0.138. The predicted molar refractivity (Wildman–Crippen MR) is 127 cm³/mol. The number of benzene rings is 2. The molecule has 2 aromatic rings. The smallest absolute Gasteiger partial charge is 0.198 e. The number of rotatable bonds is 14. The number of para-hydroxylation sites is 1. The van der Waals surface area contributed by atoms with Crippen molar-refractivity contribution in [3.05, 3.63) is 65.7 Å². The van der Waals surface area contributed by atoms with Crippen molar-refractivity contribution in [1.29, 1.82) is 0 Å². The molecule has 2 aromatic carbocycles. The molecule has 0 aliphatic rings. The Hall–Kier alpha value is -1.84. The van der Waals surface area contributed by atoms with E-state index in [0.717, 1.165) is 12.2 Å². The molecule has 166 valence electrons. The van der Waals surface area contributed by atoms with Crippen molar-refractivity contribution in [2.75, 3.05) is 0 Å². The van der Waals surface area contributed by atoms with Gasteiger partial charge in [0.25, 0.3) is 0 Å². The lowest BCUT2D eigenvalue weighted by atomic mass is 9.94. The van der Waals surface area contributed by atoms with Gasteiger partial charge in [-0.3, -0.25) is 5.32 Å². The van der Waals surface area contributed by atoms with E-state index < -0.39 is 0 Å². The lowest BCUT2D eigenvalue weighted by molar-refractivity contribution is -0.119. The summed E-state index contributed by atoms with van der Waals surface area (Å²) in [6.45, 7) is 10.6. The lowest BCUT2D eigenvalue weighted by Crippen LogP contribution is -2.45. The maximum absolute atomic E-state index is 6.17. The Labute approximate surface area is 184 Å². The quantitative estimate of drug-likeness (QED) is 0.263. The summed E-state index contributed by atoms with van der Waals surface area (Å²) in [6.07, 6.45) is 8.42. The normalized spacial score (nSPS) is 13.8. The van der Waals surface area contributed by atoms with Crippen LogP contribution < -0.4 is 10.1 Å². The molecule has 1 N–H and O–H groups in total. The van der Waals surface area contributed by atoms with E-state index in [1.165, 1.54) is 49.7 Å². The Morgan fingerprint density at radius 2 is 1.47 bits per heavy atom. The molecular formula is C27H41NO2. The number of aryl methyl sites for hydroxylation is 1. The topological polar surface area (TPSA) is 30.5 Å². The molecule has 2 rings (SSSR count). The van der Waals surface area contributed by atoms with E-state index in [1.807, 2.05) is 26.0 Å². The van der Waals surface area contributed by atoms with Gasteiger partial charge in [0.15, 0.2) is 6.29 Å². The molecule has 0 aliphatic carbocycles. The van der Waals surface area contributed by atoms with E-state index in [-0.39, 0.29) is 18.1 Å². The van der Waals surface area contributed by atoms with Gasteiger partial charge in [0.2, 0.25) is 0 Å². The van der Waals surface area contributed by atoms with Crippen molar-refractivity contribution in [2.24, 2.45) is 0 Å². The molecule has 0 heterocycles. The lowest BCUT2D eigenvalue weighted by Gasteiger charge is -2.32. The minimum Gasteiger partial charge on any atom is -0.465 e. The van der Waals surface area contributed by atoms with E-state index in [0.29, 0.717) is 0 Å². The van der Waals surface area contributed by atoms with Crippen molar-refractivity contribution in [2.45, 2.75) is 97.6 Å². The first kappa shape index (κ1) is 24.4. The molecule has 3 heteroatoms. The van der Waals surface area contributed by atoms with Gasteiger partial charge >= 0.3 is 0 Å². The van der Waals surface area contributed by atoms with Crippen molar-refractivity contribution in [1.82, 2.24) is 5.32 Å². The van der Waals surface area contributed by atoms with Crippen molar-refractivity contribution >= 4 is 0 Å². The molecule has 0 aromatic heterocycles. The van der Waals surface area contributed by atoms with Gasteiger partial charge in [-0.05, 0) is 57.7 Å². The highest BCUT2D eigenvalue weighted by atomic mass is 16.7. The molecule has 30 heavy (non-hydrogen) atoms. The molecule has 3 nitrogen and oxygen atoms in total. The van der Waals surface area contributed by atoms with Crippen molar-refractivity contribution < 1.29 is 9.47 Å². The molecule has 0 bridgehead atoms. The average molecular weight is 412 g/mol. The van der Waals surface area contributed by atoms with Crippen LogP contribution in [0.3, 0.4) is 0 Å². The molecule has 0 fully saturated rings. The second kappa shape index (κ2) is 12.8. The maximum Gasteiger partial charge on any atom is 0.198 e. The molecule has 0 spiro atoms. The third-order valence-electron chi connectivity index (χ3n) is 5.52. The minimum atomic E-state index is -0.329. The summed E-state index contributed by atoms with van der Waals surface area (Å²) in [5.41, 5.74) is 2.32. The van der Waals surface area contributed by atoms with Crippen LogP contribution >= 0.6 is 0 Å². The van der Waals surface area contributed by atoms with Gasteiger partial charge in [0, 0.05) is 5.54 Å². The van der Waals surface area contributed by atoms with Crippen LogP contribution in [0.25, 0.3) is 0 Å². The van der Waals surface area contributed by atoms with Gasteiger partial charge in [-0.15, -0.1) is 0 Å². The van der Waals surface area contributed by atoms with Crippen LogP contribution in [0.15, 0.2) is 54.6 Å². The van der Waals surface area contributed by atoms with Gasteiger partial charge in [0.05, 0.1) is 0 Å². The summed E-state index contributed by atoms with van der Waals surface area (Å²) >= 11 is 0. The first-order chi connectivity index (χ1) is 14.4. The third-order valence-corrected chi connectivity index (χ3v) is 5.52. The van der Waals surface area contributed by atoms with Crippen LogP contribution in [0.1, 0.15) is 84.3 Å². The molecular weight excluding hydrogens is 370 g/mol. The molecule has 0 amide bonds. The maximum atomic E-state index is 6.17. The van der Waals surface area contributed by atoms with Gasteiger partial charge in [-0.1, -0.05) is 87.6 Å². The van der Waals surface area contributed by atoms with E-state index in [4.69, 9.17) is 9.47 Å². The first-order valence-electron chi connectivity index (χ1n) is 11.7. The number of hydrogen-bond acceptors (Lipinski definition) is 3. The fourth-order valence-corrected chi connectivity index (χ4v) is 3.90. The number of nitrogens with one attached hydrogen (secondary N) is 1.